The molecular formula is C11H21F3N2O. The molecule has 0 heterocycles. The predicted octanol–water partition coefficient (Wildman–Crippen LogP) is 2.03. The van der Waals surface area contributed by atoms with Crippen LogP contribution < -0.4 is 5.32 Å². The van der Waals surface area contributed by atoms with Crippen molar-refractivity contribution in [1.29, 1.82) is 0 Å². The number of rotatable bonds is 7. The number of nitrogens with zero attached hydrogens (tertiary/aromatic N) is 1. The number of amides is 1. The number of alkyl halides is 3. The first-order chi connectivity index (χ1) is 7.76. The van der Waals surface area contributed by atoms with E-state index >= 15 is 0 Å². The molecule has 0 aliphatic heterocycles. The molecule has 0 aromatic heterocycles. The molecule has 0 rings (SSSR count). The highest BCUT2D eigenvalue weighted by Gasteiger charge is 2.32. The van der Waals surface area contributed by atoms with Crippen molar-refractivity contribution in [3.05, 3.63) is 0 Å². The third kappa shape index (κ3) is 8.97. The lowest BCUT2D eigenvalue weighted by Crippen LogP contribution is -2.41. The zero-order chi connectivity index (χ0) is 13.5. The van der Waals surface area contributed by atoms with Gasteiger partial charge in [-0.05, 0) is 25.9 Å². The van der Waals surface area contributed by atoms with E-state index in [1.54, 1.807) is 20.9 Å². The summed E-state index contributed by atoms with van der Waals surface area (Å²) < 4.78 is 36.9. The minimum absolute atomic E-state index is 0.0330. The highest BCUT2D eigenvalue weighted by Crippen LogP contribution is 2.18. The molecule has 0 unspecified atom stereocenters. The van der Waals surface area contributed by atoms with E-state index in [1.807, 2.05) is 0 Å². The van der Waals surface area contributed by atoms with Crippen LogP contribution in [0.4, 0.5) is 13.2 Å². The number of hydrogen-bond donors (Lipinski definition) is 1. The summed E-state index contributed by atoms with van der Waals surface area (Å²) >= 11 is 0. The fourth-order valence-corrected chi connectivity index (χ4v) is 1.49. The van der Waals surface area contributed by atoms with Crippen molar-refractivity contribution in [1.82, 2.24) is 10.2 Å². The van der Waals surface area contributed by atoms with Crippen molar-refractivity contribution < 1.29 is 18.0 Å². The Hall–Kier alpha value is -0.780. The summed E-state index contributed by atoms with van der Waals surface area (Å²) in [5.74, 6) is -0.392. The van der Waals surface area contributed by atoms with Crippen molar-refractivity contribution in [2.24, 2.45) is 5.92 Å². The van der Waals surface area contributed by atoms with E-state index in [2.05, 4.69) is 5.32 Å². The molecule has 0 saturated carbocycles. The molecule has 0 bridgehead atoms. The molecule has 17 heavy (non-hydrogen) atoms. The number of carbonyl (C=O) groups excluding carboxylic acids is 1. The summed E-state index contributed by atoms with van der Waals surface area (Å²) in [4.78, 5) is 12.5. The van der Waals surface area contributed by atoms with Crippen molar-refractivity contribution in [2.75, 3.05) is 26.7 Å². The van der Waals surface area contributed by atoms with Crippen LogP contribution in [0.1, 0.15) is 26.7 Å². The molecule has 1 amide bonds. The van der Waals surface area contributed by atoms with Gasteiger partial charge in [-0.2, -0.15) is 13.2 Å². The van der Waals surface area contributed by atoms with Crippen LogP contribution in [0.15, 0.2) is 0 Å². The molecule has 1 N–H and O–H groups in total. The van der Waals surface area contributed by atoms with E-state index in [0.29, 0.717) is 13.0 Å². The quantitative estimate of drug-likeness (QED) is 0.705. The van der Waals surface area contributed by atoms with Gasteiger partial charge >= 0.3 is 6.18 Å². The highest BCUT2D eigenvalue weighted by molar-refractivity contribution is 5.76. The Morgan fingerprint density at radius 2 is 1.94 bits per heavy atom. The van der Waals surface area contributed by atoms with Crippen molar-refractivity contribution in [2.45, 2.75) is 32.9 Å². The van der Waals surface area contributed by atoms with Crippen molar-refractivity contribution in [3.8, 4) is 0 Å². The molecule has 0 aliphatic rings. The summed E-state index contributed by atoms with van der Waals surface area (Å²) in [5, 5.41) is 2.86. The summed E-state index contributed by atoms with van der Waals surface area (Å²) in [7, 11) is 1.74. The maximum Gasteiger partial charge on any atom is 0.406 e. The first-order valence-electron chi connectivity index (χ1n) is 5.75. The third-order valence-electron chi connectivity index (χ3n) is 2.13. The fraction of sp³-hybridized carbons (Fsp3) is 0.909. The normalized spacial score (nSPS) is 11.9. The highest BCUT2D eigenvalue weighted by atomic mass is 19.4. The largest absolute Gasteiger partial charge is 0.406 e. The average molecular weight is 254 g/mol. The Labute approximate surface area is 100 Å². The second kappa shape index (κ2) is 7.53. The average Bonchev–Trinajstić information content (AvgIpc) is 2.14. The monoisotopic (exact) mass is 254 g/mol. The van der Waals surface area contributed by atoms with Gasteiger partial charge in [0.15, 0.2) is 0 Å². The van der Waals surface area contributed by atoms with Crippen LogP contribution in [0.3, 0.4) is 0 Å². The Bertz CT molecular complexity index is 229. The van der Waals surface area contributed by atoms with E-state index in [9.17, 15) is 18.0 Å². The maximum atomic E-state index is 12.3. The van der Waals surface area contributed by atoms with Gasteiger partial charge in [0.2, 0.25) is 5.91 Å². The molecule has 0 aromatic carbocycles. The molecule has 0 spiro atoms. The van der Waals surface area contributed by atoms with Gasteiger partial charge in [-0.15, -0.1) is 0 Å². The summed E-state index contributed by atoms with van der Waals surface area (Å²) in [6.45, 7) is 3.23. The topological polar surface area (TPSA) is 32.3 Å². The lowest BCUT2D eigenvalue weighted by atomic mass is 10.2. The van der Waals surface area contributed by atoms with Gasteiger partial charge in [-0.1, -0.05) is 13.8 Å². The molecular weight excluding hydrogens is 233 g/mol. The Balaban J connectivity index is 4.30. The van der Waals surface area contributed by atoms with Gasteiger partial charge in [0.05, 0.1) is 0 Å². The Morgan fingerprint density at radius 1 is 1.35 bits per heavy atom. The maximum absolute atomic E-state index is 12.3. The van der Waals surface area contributed by atoms with Crippen LogP contribution in [-0.4, -0.2) is 43.7 Å². The molecule has 0 aliphatic carbocycles. The first-order valence-corrected chi connectivity index (χ1v) is 5.75. The van der Waals surface area contributed by atoms with E-state index in [-0.39, 0.29) is 18.9 Å². The van der Waals surface area contributed by atoms with E-state index in [0.717, 1.165) is 4.90 Å². The van der Waals surface area contributed by atoms with Crippen LogP contribution in [0.2, 0.25) is 0 Å². The summed E-state index contributed by atoms with van der Waals surface area (Å²) in [6, 6.07) is 0. The van der Waals surface area contributed by atoms with Gasteiger partial charge in [0.1, 0.15) is 6.54 Å². The van der Waals surface area contributed by atoms with Crippen LogP contribution in [0.5, 0.6) is 0 Å². The lowest BCUT2D eigenvalue weighted by molar-refractivity contribution is -0.162. The molecule has 0 aromatic rings. The molecule has 0 radical (unpaired) electrons. The molecule has 102 valence electrons. The summed E-state index contributed by atoms with van der Waals surface area (Å²) in [5.41, 5.74) is 0. The zero-order valence-corrected chi connectivity index (χ0v) is 10.6. The SMILES string of the molecule is CNCCCC(=O)N(CC(C)C)CC(F)(F)F. The minimum atomic E-state index is -4.33. The second-order valence-corrected chi connectivity index (χ2v) is 4.49. The molecule has 0 saturated heterocycles. The standard InChI is InChI=1S/C11H21F3N2O/c1-9(2)7-16(8-11(12,13)14)10(17)5-4-6-15-3/h9,15H,4-8H2,1-3H3. The van der Waals surface area contributed by atoms with E-state index in [1.165, 1.54) is 0 Å². The van der Waals surface area contributed by atoms with Crippen LogP contribution in [0.25, 0.3) is 0 Å². The fourth-order valence-electron chi connectivity index (χ4n) is 1.49. The lowest BCUT2D eigenvalue weighted by Gasteiger charge is -2.25. The van der Waals surface area contributed by atoms with Crippen LogP contribution in [-0.2, 0) is 4.79 Å². The molecule has 6 heteroatoms. The first kappa shape index (κ1) is 16.2. The van der Waals surface area contributed by atoms with Crippen LogP contribution in [0, 0.1) is 5.92 Å². The number of carbonyl (C=O) groups is 1. The van der Waals surface area contributed by atoms with Crippen LogP contribution >= 0.6 is 0 Å². The van der Waals surface area contributed by atoms with E-state index in [4.69, 9.17) is 0 Å². The van der Waals surface area contributed by atoms with Gasteiger partial charge in [0, 0.05) is 13.0 Å². The number of hydrogen-bond acceptors (Lipinski definition) is 2. The van der Waals surface area contributed by atoms with Crippen molar-refractivity contribution in [3.63, 3.8) is 0 Å². The smallest absolute Gasteiger partial charge is 0.333 e. The zero-order valence-electron chi connectivity index (χ0n) is 10.6. The second-order valence-electron chi connectivity index (χ2n) is 4.49. The predicted molar refractivity (Wildman–Crippen MR) is 60.6 cm³/mol. The number of nitrogens with one attached hydrogen (secondary N) is 1. The molecule has 0 fully saturated rings. The Morgan fingerprint density at radius 3 is 2.35 bits per heavy atom. The third-order valence-corrected chi connectivity index (χ3v) is 2.13. The molecule has 0 atom stereocenters. The minimum Gasteiger partial charge on any atom is -0.333 e. The number of halogens is 3. The summed E-state index contributed by atoms with van der Waals surface area (Å²) in [6.07, 6.45) is -3.61. The van der Waals surface area contributed by atoms with E-state index < -0.39 is 18.6 Å². The van der Waals surface area contributed by atoms with Gasteiger partial charge in [-0.3, -0.25) is 4.79 Å². The van der Waals surface area contributed by atoms with Gasteiger partial charge in [0.25, 0.3) is 0 Å². The van der Waals surface area contributed by atoms with Gasteiger partial charge < -0.3 is 10.2 Å². The van der Waals surface area contributed by atoms with Crippen molar-refractivity contribution >= 4 is 5.91 Å². The molecule has 3 nitrogen and oxygen atoms in total. The Kier molecular flexibility index (Phi) is 7.18. The van der Waals surface area contributed by atoms with Gasteiger partial charge in [-0.25, -0.2) is 0 Å².